The Labute approximate surface area is 145 Å². The lowest BCUT2D eigenvalue weighted by atomic mass is 10.2. The van der Waals surface area contributed by atoms with Gasteiger partial charge in [-0.15, -0.1) is 0 Å². The molecule has 0 spiro atoms. The Bertz CT molecular complexity index is 877. The molecule has 8 heteroatoms. The topological polar surface area (TPSA) is 86.1 Å². The third kappa shape index (κ3) is 3.47. The number of ether oxygens (including phenoxy) is 2. The second kappa shape index (κ2) is 7.08. The molecule has 0 fully saturated rings. The van der Waals surface area contributed by atoms with E-state index in [0.717, 1.165) is 17.1 Å². The van der Waals surface area contributed by atoms with Crippen molar-refractivity contribution >= 4 is 17.5 Å². The molecule has 0 aliphatic carbocycles. The molecule has 0 saturated heterocycles. The minimum atomic E-state index is 0.457. The molecule has 3 aromatic rings. The average Bonchev–Trinajstić information content (AvgIpc) is 3.07. The molecule has 1 aromatic carbocycles. The summed E-state index contributed by atoms with van der Waals surface area (Å²) < 4.78 is 12.6. The molecule has 2 N–H and O–H groups in total. The standard InChI is InChI=1S/C17H20N6O2/c1-11-9-23(10-20-11)13-6-5-12(7-14(13)24-3)21-17-19-8-15(25-4)16(18-2)22-17/h5-10H,1-4H3,(H2,18,19,21,22). The van der Waals surface area contributed by atoms with Gasteiger partial charge in [-0.3, -0.25) is 0 Å². The molecule has 0 bridgehead atoms. The molecule has 130 valence electrons. The van der Waals surface area contributed by atoms with Crippen LogP contribution in [0, 0.1) is 6.92 Å². The highest BCUT2D eigenvalue weighted by Gasteiger charge is 2.10. The Morgan fingerprint density at radius 2 is 1.88 bits per heavy atom. The fourth-order valence-electron chi connectivity index (χ4n) is 2.41. The van der Waals surface area contributed by atoms with Crippen LogP contribution < -0.4 is 20.1 Å². The van der Waals surface area contributed by atoms with Gasteiger partial charge in [0.15, 0.2) is 11.6 Å². The number of hydrogen-bond acceptors (Lipinski definition) is 7. The van der Waals surface area contributed by atoms with Crippen LogP contribution in [0.15, 0.2) is 36.9 Å². The molecule has 8 nitrogen and oxygen atoms in total. The molecule has 0 unspecified atom stereocenters. The molecule has 0 radical (unpaired) electrons. The van der Waals surface area contributed by atoms with Gasteiger partial charge >= 0.3 is 0 Å². The zero-order valence-corrected chi connectivity index (χ0v) is 14.6. The predicted octanol–water partition coefficient (Wildman–Crippen LogP) is 2.77. The van der Waals surface area contributed by atoms with Gasteiger partial charge in [0.1, 0.15) is 5.75 Å². The van der Waals surface area contributed by atoms with Gasteiger partial charge in [-0.2, -0.15) is 4.98 Å². The number of benzene rings is 1. The molecule has 2 aromatic heterocycles. The zero-order chi connectivity index (χ0) is 17.8. The number of nitrogens with one attached hydrogen (secondary N) is 2. The van der Waals surface area contributed by atoms with Crippen molar-refractivity contribution in [1.82, 2.24) is 19.5 Å². The molecular formula is C17H20N6O2. The lowest BCUT2D eigenvalue weighted by Gasteiger charge is -2.13. The Morgan fingerprint density at radius 3 is 2.52 bits per heavy atom. The first kappa shape index (κ1) is 16.6. The number of methoxy groups -OCH3 is 2. The molecule has 2 heterocycles. The van der Waals surface area contributed by atoms with Crippen molar-refractivity contribution in [2.75, 3.05) is 31.9 Å². The first-order valence-corrected chi connectivity index (χ1v) is 7.69. The minimum absolute atomic E-state index is 0.457. The normalized spacial score (nSPS) is 10.4. The number of hydrogen-bond donors (Lipinski definition) is 2. The summed E-state index contributed by atoms with van der Waals surface area (Å²) in [6, 6.07) is 5.77. The predicted molar refractivity (Wildman–Crippen MR) is 96.3 cm³/mol. The van der Waals surface area contributed by atoms with Crippen molar-refractivity contribution in [1.29, 1.82) is 0 Å². The van der Waals surface area contributed by atoms with E-state index >= 15 is 0 Å². The van der Waals surface area contributed by atoms with E-state index in [1.165, 1.54) is 0 Å². The van der Waals surface area contributed by atoms with Crippen LogP contribution in [0.3, 0.4) is 0 Å². The molecule has 25 heavy (non-hydrogen) atoms. The lowest BCUT2D eigenvalue weighted by molar-refractivity contribution is 0.413. The van der Waals surface area contributed by atoms with Gasteiger partial charge in [0.2, 0.25) is 5.95 Å². The summed E-state index contributed by atoms with van der Waals surface area (Å²) in [7, 11) is 4.99. The summed E-state index contributed by atoms with van der Waals surface area (Å²) in [5, 5.41) is 6.14. The fourth-order valence-corrected chi connectivity index (χ4v) is 2.41. The minimum Gasteiger partial charge on any atom is -0.494 e. The summed E-state index contributed by atoms with van der Waals surface area (Å²) in [6.45, 7) is 1.94. The van der Waals surface area contributed by atoms with Crippen LogP contribution in [0.1, 0.15) is 5.69 Å². The first-order valence-electron chi connectivity index (χ1n) is 7.69. The van der Waals surface area contributed by atoms with Gasteiger partial charge in [0, 0.05) is 25.0 Å². The van der Waals surface area contributed by atoms with Crippen LogP contribution >= 0.6 is 0 Å². The molecular weight excluding hydrogens is 320 g/mol. The van der Waals surface area contributed by atoms with E-state index in [1.807, 2.05) is 35.9 Å². The van der Waals surface area contributed by atoms with Gasteiger partial charge in [0.25, 0.3) is 0 Å². The van der Waals surface area contributed by atoms with Crippen LogP contribution in [0.2, 0.25) is 0 Å². The molecule has 0 aliphatic heterocycles. The summed E-state index contributed by atoms with van der Waals surface area (Å²) >= 11 is 0. The quantitative estimate of drug-likeness (QED) is 0.713. The van der Waals surface area contributed by atoms with Gasteiger partial charge in [-0.05, 0) is 19.1 Å². The number of anilines is 3. The Balaban J connectivity index is 1.89. The Kier molecular flexibility index (Phi) is 4.69. The van der Waals surface area contributed by atoms with E-state index in [9.17, 15) is 0 Å². The molecule has 0 amide bonds. The summed E-state index contributed by atoms with van der Waals surface area (Å²) in [5.74, 6) is 2.36. The van der Waals surface area contributed by atoms with Crippen molar-refractivity contribution < 1.29 is 9.47 Å². The van der Waals surface area contributed by atoms with Crippen LogP contribution in [-0.2, 0) is 0 Å². The van der Waals surface area contributed by atoms with E-state index < -0.39 is 0 Å². The van der Waals surface area contributed by atoms with Crippen LogP contribution in [0.4, 0.5) is 17.5 Å². The molecule has 0 saturated carbocycles. The van der Waals surface area contributed by atoms with E-state index in [2.05, 4.69) is 25.6 Å². The van der Waals surface area contributed by atoms with E-state index in [0.29, 0.717) is 23.3 Å². The fraction of sp³-hybridized carbons (Fsp3) is 0.235. The van der Waals surface area contributed by atoms with E-state index in [-0.39, 0.29) is 0 Å². The SMILES string of the molecule is CNc1nc(Nc2ccc(-n3cnc(C)c3)c(OC)c2)ncc1OC. The van der Waals surface area contributed by atoms with Crippen molar-refractivity contribution in [3.63, 3.8) is 0 Å². The highest BCUT2D eigenvalue weighted by atomic mass is 16.5. The van der Waals surface area contributed by atoms with Crippen molar-refractivity contribution in [2.24, 2.45) is 0 Å². The van der Waals surface area contributed by atoms with Crippen LogP contribution in [0.5, 0.6) is 11.5 Å². The number of rotatable bonds is 6. The van der Waals surface area contributed by atoms with E-state index in [1.54, 1.807) is 33.8 Å². The smallest absolute Gasteiger partial charge is 0.229 e. The monoisotopic (exact) mass is 340 g/mol. The molecule has 0 aliphatic rings. The molecule has 3 rings (SSSR count). The van der Waals surface area contributed by atoms with Crippen molar-refractivity contribution in [3.8, 4) is 17.2 Å². The van der Waals surface area contributed by atoms with Gasteiger partial charge in [-0.1, -0.05) is 0 Å². The lowest BCUT2D eigenvalue weighted by Crippen LogP contribution is -2.03. The van der Waals surface area contributed by atoms with Gasteiger partial charge in [0.05, 0.1) is 38.1 Å². The second-order valence-electron chi connectivity index (χ2n) is 5.29. The molecule has 0 atom stereocenters. The number of aryl methyl sites for hydroxylation is 1. The van der Waals surface area contributed by atoms with Crippen LogP contribution in [-0.4, -0.2) is 40.8 Å². The Morgan fingerprint density at radius 1 is 1.08 bits per heavy atom. The Hall–Kier alpha value is -3.29. The maximum absolute atomic E-state index is 5.51. The first-order chi connectivity index (χ1) is 12.1. The average molecular weight is 340 g/mol. The zero-order valence-electron chi connectivity index (χ0n) is 14.6. The summed E-state index contributed by atoms with van der Waals surface area (Å²) in [6.07, 6.45) is 5.31. The maximum Gasteiger partial charge on any atom is 0.229 e. The number of imidazole rings is 1. The highest BCUT2D eigenvalue weighted by molar-refractivity contribution is 5.63. The largest absolute Gasteiger partial charge is 0.494 e. The summed E-state index contributed by atoms with van der Waals surface area (Å²) in [5.41, 5.74) is 2.65. The van der Waals surface area contributed by atoms with Gasteiger partial charge < -0.3 is 24.7 Å². The summed E-state index contributed by atoms with van der Waals surface area (Å²) in [4.78, 5) is 12.9. The third-order valence-electron chi connectivity index (χ3n) is 3.64. The van der Waals surface area contributed by atoms with Crippen molar-refractivity contribution in [3.05, 3.63) is 42.6 Å². The number of aromatic nitrogens is 4. The second-order valence-corrected chi connectivity index (χ2v) is 5.29. The number of nitrogens with zero attached hydrogens (tertiary/aromatic N) is 4. The van der Waals surface area contributed by atoms with Crippen LogP contribution in [0.25, 0.3) is 5.69 Å². The van der Waals surface area contributed by atoms with Crippen molar-refractivity contribution in [2.45, 2.75) is 6.92 Å². The van der Waals surface area contributed by atoms with Gasteiger partial charge in [-0.25, -0.2) is 9.97 Å². The highest BCUT2D eigenvalue weighted by Crippen LogP contribution is 2.29. The van der Waals surface area contributed by atoms with E-state index in [4.69, 9.17) is 9.47 Å². The third-order valence-corrected chi connectivity index (χ3v) is 3.64. The maximum atomic E-state index is 5.51.